The minimum atomic E-state index is -0.165. The molecule has 2 nitrogen and oxygen atoms in total. The lowest BCUT2D eigenvalue weighted by atomic mass is 9.91. The van der Waals surface area contributed by atoms with Gasteiger partial charge in [-0.05, 0) is 49.9 Å². The zero-order chi connectivity index (χ0) is 13.2. The molecule has 0 fully saturated rings. The van der Waals surface area contributed by atoms with Crippen LogP contribution in [0.5, 0.6) is 0 Å². The van der Waals surface area contributed by atoms with Gasteiger partial charge < -0.3 is 5.32 Å². The maximum Gasteiger partial charge on any atom is 0.128 e. The number of hydrogen-bond donors (Lipinski definition) is 1. The summed E-state index contributed by atoms with van der Waals surface area (Å²) in [5.41, 5.74) is 3.95. The van der Waals surface area contributed by atoms with Crippen molar-refractivity contribution in [1.82, 2.24) is 4.98 Å². The topological polar surface area (TPSA) is 24.9 Å². The summed E-state index contributed by atoms with van der Waals surface area (Å²) in [6, 6.07) is 9.46. The molecular formula is C16H17FN2. The molecule has 1 aromatic heterocycles. The van der Waals surface area contributed by atoms with Crippen LogP contribution in [0.4, 0.5) is 10.1 Å². The highest BCUT2D eigenvalue weighted by atomic mass is 19.1. The molecule has 0 bridgehead atoms. The van der Waals surface area contributed by atoms with Crippen molar-refractivity contribution in [2.75, 3.05) is 5.32 Å². The largest absolute Gasteiger partial charge is 0.376 e. The summed E-state index contributed by atoms with van der Waals surface area (Å²) >= 11 is 0. The monoisotopic (exact) mass is 256 g/mol. The van der Waals surface area contributed by atoms with E-state index in [1.807, 2.05) is 18.3 Å². The standard InChI is InChI=1S/C16H17FN2/c1-11-13(17)7-3-8-14(11)19-15-9-2-5-12-6-4-10-18-16(12)15/h3-4,6-8,10,15,19H,2,5,9H2,1H3. The van der Waals surface area contributed by atoms with Gasteiger partial charge in [0.25, 0.3) is 0 Å². The molecule has 1 aliphatic rings. The fraction of sp³-hybridized carbons (Fsp3) is 0.312. The summed E-state index contributed by atoms with van der Waals surface area (Å²) in [5.74, 6) is -0.165. The SMILES string of the molecule is Cc1c(F)cccc1NC1CCCc2cccnc21. The van der Waals surface area contributed by atoms with Crippen molar-refractivity contribution in [3.05, 3.63) is 59.2 Å². The van der Waals surface area contributed by atoms with Crippen LogP contribution in [0.2, 0.25) is 0 Å². The number of anilines is 1. The number of benzene rings is 1. The average Bonchev–Trinajstić information content (AvgIpc) is 2.44. The molecule has 1 unspecified atom stereocenters. The highest BCUT2D eigenvalue weighted by Gasteiger charge is 2.21. The average molecular weight is 256 g/mol. The van der Waals surface area contributed by atoms with Crippen LogP contribution in [-0.2, 0) is 6.42 Å². The van der Waals surface area contributed by atoms with Crippen molar-refractivity contribution >= 4 is 5.69 Å². The quantitative estimate of drug-likeness (QED) is 0.877. The van der Waals surface area contributed by atoms with Crippen LogP contribution in [0.3, 0.4) is 0 Å². The van der Waals surface area contributed by atoms with Gasteiger partial charge in [0.15, 0.2) is 0 Å². The highest BCUT2D eigenvalue weighted by molar-refractivity contribution is 5.52. The molecule has 0 saturated carbocycles. The molecule has 0 aliphatic heterocycles. The third-order valence-electron chi connectivity index (χ3n) is 3.79. The Balaban J connectivity index is 1.91. The second-order valence-corrected chi connectivity index (χ2v) is 5.05. The van der Waals surface area contributed by atoms with E-state index in [4.69, 9.17) is 0 Å². The Morgan fingerprint density at radius 1 is 1.26 bits per heavy atom. The van der Waals surface area contributed by atoms with Crippen LogP contribution in [0.25, 0.3) is 0 Å². The molecule has 1 heterocycles. The van der Waals surface area contributed by atoms with Crippen molar-refractivity contribution in [1.29, 1.82) is 0 Å². The van der Waals surface area contributed by atoms with Gasteiger partial charge in [0.05, 0.1) is 11.7 Å². The van der Waals surface area contributed by atoms with Gasteiger partial charge in [-0.2, -0.15) is 0 Å². The first-order valence-corrected chi connectivity index (χ1v) is 6.71. The van der Waals surface area contributed by atoms with Crippen molar-refractivity contribution < 1.29 is 4.39 Å². The molecule has 3 heteroatoms. The van der Waals surface area contributed by atoms with Crippen LogP contribution in [0.1, 0.15) is 35.7 Å². The fourth-order valence-corrected chi connectivity index (χ4v) is 2.70. The summed E-state index contributed by atoms with van der Waals surface area (Å²) in [7, 11) is 0. The molecule has 0 spiro atoms. The number of aryl methyl sites for hydroxylation is 1. The van der Waals surface area contributed by atoms with Gasteiger partial charge in [0.2, 0.25) is 0 Å². The van der Waals surface area contributed by atoms with E-state index in [0.717, 1.165) is 30.6 Å². The first-order valence-electron chi connectivity index (χ1n) is 6.71. The summed E-state index contributed by atoms with van der Waals surface area (Å²) in [6.07, 6.45) is 5.10. The third kappa shape index (κ3) is 2.33. The van der Waals surface area contributed by atoms with E-state index < -0.39 is 0 Å². The number of halogens is 1. The Hall–Kier alpha value is -1.90. The Morgan fingerprint density at radius 3 is 3.05 bits per heavy atom. The number of nitrogens with zero attached hydrogens (tertiary/aromatic N) is 1. The summed E-state index contributed by atoms with van der Waals surface area (Å²) < 4.78 is 13.6. The molecule has 0 radical (unpaired) electrons. The van der Waals surface area contributed by atoms with Crippen LogP contribution in [0.15, 0.2) is 36.5 Å². The molecule has 3 rings (SSSR count). The normalized spacial score (nSPS) is 17.9. The minimum Gasteiger partial charge on any atom is -0.376 e. The maximum atomic E-state index is 13.6. The van der Waals surface area contributed by atoms with Crippen LogP contribution in [-0.4, -0.2) is 4.98 Å². The first-order chi connectivity index (χ1) is 9.25. The van der Waals surface area contributed by atoms with E-state index >= 15 is 0 Å². The zero-order valence-electron chi connectivity index (χ0n) is 11.0. The van der Waals surface area contributed by atoms with Crippen molar-refractivity contribution in [3.63, 3.8) is 0 Å². The molecule has 98 valence electrons. The summed E-state index contributed by atoms with van der Waals surface area (Å²) in [6.45, 7) is 1.81. The number of fused-ring (bicyclic) bond motifs is 1. The van der Waals surface area contributed by atoms with Crippen LogP contribution < -0.4 is 5.32 Å². The smallest absolute Gasteiger partial charge is 0.128 e. The third-order valence-corrected chi connectivity index (χ3v) is 3.79. The van der Waals surface area contributed by atoms with E-state index in [0.29, 0.717) is 5.56 Å². The predicted octanol–water partition coefficient (Wildman–Crippen LogP) is 4.02. The summed E-state index contributed by atoms with van der Waals surface area (Å²) in [4.78, 5) is 4.49. The van der Waals surface area contributed by atoms with Gasteiger partial charge in [-0.1, -0.05) is 12.1 Å². The lowest BCUT2D eigenvalue weighted by molar-refractivity contribution is 0.580. The fourth-order valence-electron chi connectivity index (χ4n) is 2.70. The Morgan fingerprint density at radius 2 is 2.16 bits per heavy atom. The van der Waals surface area contributed by atoms with E-state index in [9.17, 15) is 4.39 Å². The van der Waals surface area contributed by atoms with Gasteiger partial charge in [0, 0.05) is 17.4 Å². The zero-order valence-corrected chi connectivity index (χ0v) is 11.0. The second kappa shape index (κ2) is 5.00. The van der Waals surface area contributed by atoms with Crippen LogP contribution in [0, 0.1) is 12.7 Å². The molecule has 19 heavy (non-hydrogen) atoms. The Labute approximate surface area is 112 Å². The van der Waals surface area contributed by atoms with Crippen LogP contribution >= 0.6 is 0 Å². The number of nitrogens with one attached hydrogen (secondary N) is 1. The van der Waals surface area contributed by atoms with Gasteiger partial charge >= 0.3 is 0 Å². The molecule has 1 atom stereocenters. The maximum absolute atomic E-state index is 13.6. The molecule has 0 amide bonds. The number of pyridine rings is 1. The molecular weight excluding hydrogens is 239 g/mol. The lowest BCUT2D eigenvalue weighted by Gasteiger charge is -2.26. The first kappa shape index (κ1) is 12.2. The summed E-state index contributed by atoms with van der Waals surface area (Å²) in [5, 5.41) is 3.44. The number of aromatic nitrogens is 1. The molecule has 0 saturated heterocycles. The van der Waals surface area contributed by atoms with E-state index in [-0.39, 0.29) is 11.9 Å². The predicted molar refractivity (Wildman–Crippen MR) is 74.7 cm³/mol. The van der Waals surface area contributed by atoms with Crippen molar-refractivity contribution in [2.45, 2.75) is 32.2 Å². The molecule has 1 aromatic carbocycles. The van der Waals surface area contributed by atoms with Crippen molar-refractivity contribution in [2.24, 2.45) is 0 Å². The second-order valence-electron chi connectivity index (χ2n) is 5.05. The highest BCUT2D eigenvalue weighted by Crippen LogP contribution is 2.32. The van der Waals surface area contributed by atoms with E-state index in [1.165, 1.54) is 11.6 Å². The van der Waals surface area contributed by atoms with Gasteiger partial charge in [-0.25, -0.2) is 4.39 Å². The molecule has 1 aliphatic carbocycles. The van der Waals surface area contributed by atoms with Crippen molar-refractivity contribution in [3.8, 4) is 0 Å². The molecule has 1 N–H and O–H groups in total. The Bertz CT molecular complexity index is 595. The molecule has 2 aromatic rings. The van der Waals surface area contributed by atoms with E-state index in [1.54, 1.807) is 13.0 Å². The number of rotatable bonds is 2. The Kier molecular flexibility index (Phi) is 3.20. The number of hydrogen-bond acceptors (Lipinski definition) is 2. The van der Waals surface area contributed by atoms with Gasteiger partial charge in [-0.15, -0.1) is 0 Å². The van der Waals surface area contributed by atoms with E-state index in [2.05, 4.69) is 16.4 Å². The minimum absolute atomic E-state index is 0.165. The van der Waals surface area contributed by atoms with Gasteiger partial charge in [0.1, 0.15) is 5.82 Å². The van der Waals surface area contributed by atoms with Gasteiger partial charge in [-0.3, -0.25) is 4.98 Å². The lowest BCUT2D eigenvalue weighted by Crippen LogP contribution is -2.19.